The highest BCUT2D eigenvalue weighted by Crippen LogP contribution is 2.44. The Kier molecular flexibility index (Phi) is 7.45. The summed E-state index contributed by atoms with van der Waals surface area (Å²) in [5, 5.41) is 16.6. The summed E-state index contributed by atoms with van der Waals surface area (Å²) in [7, 11) is 0. The molecule has 3 aromatic rings. The number of amides is 2. The Morgan fingerprint density at radius 2 is 1.71 bits per heavy atom. The van der Waals surface area contributed by atoms with Gasteiger partial charge in [0, 0.05) is 11.3 Å². The number of benzene rings is 2. The van der Waals surface area contributed by atoms with Gasteiger partial charge >= 0.3 is 12.1 Å². The largest absolute Gasteiger partial charge is 0.480 e. The lowest BCUT2D eigenvalue weighted by molar-refractivity contribution is -0.140. The lowest BCUT2D eigenvalue weighted by Crippen LogP contribution is -2.45. The smallest absolute Gasteiger partial charge is 0.407 e. The molecule has 0 radical (unpaired) electrons. The normalized spacial score (nSPS) is 13.9. The minimum absolute atomic E-state index is 0.0315. The predicted octanol–water partition coefficient (Wildman–Crippen LogP) is 4.41. The Balaban J connectivity index is 1.31. The van der Waals surface area contributed by atoms with Crippen molar-refractivity contribution in [1.82, 2.24) is 15.6 Å². The number of nitrogens with one attached hydrogen (secondary N) is 2. The quantitative estimate of drug-likeness (QED) is 0.406. The van der Waals surface area contributed by atoms with Gasteiger partial charge in [0.05, 0.1) is 6.54 Å². The molecular weight excluding hydrogens is 466 g/mol. The average Bonchev–Trinajstić information content (AvgIpc) is 3.47. The molecule has 182 valence electrons. The fourth-order valence-electron chi connectivity index (χ4n) is 4.19. The summed E-state index contributed by atoms with van der Waals surface area (Å²) >= 11 is 1.20. The molecule has 1 aliphatic carbocycles. The Hall–Kier alpha value is -3.72. The second kappa shape index (κ2) is 10.7. The number of hydrogen-bond acceptors (Lipinski definition) is 6. The van der Waals surface area contributed by atoms with Crippen molar-refractivity contribution in [3.8, 4) is 11.1 Å². The van der Waals surface area contributed by atoms with Gasteiger partial charge in [-0.3, -0.25) is 4.79 Å². The molecule has 2 amide bonds. The molecule has 2 aromatic carbocycles. The number of carboxylic acid groups (broad SMARTS) is 1. The summed E-state index contributed by atoms with van der Waals surface area (Å²) in [6, 6.07) is 15.2. The fourth-order valence-corrected chi connectivity index (χ4v) is 4.91. The van der Waals surface area contributed by atoms with Crippen LogP contribution in [0.4, 0.5) is 4.79 Å². The van der Waals surface area contributed by atoms with Gasteiger partial charge in [0.15, 0.2) is 0 Å². The maximum Gasteiger partial charge on any atom is 0.407 e. The van der Waals surface area contributed by atoms with Crippen molar-refractivity contribution in [2.24, 2.45) is 5.92 Å². The molecular formula is C26H27N3O5S. The SMILES string of the molecule is CCC(C)[C@H](NC(=O)c1csc(CNC(=O)OCC2c3ccccc3-c3ccccc32)n1)C(=O)O. The van der Waals surface area contributed by atoms with E-state index in [2.05, 4.69) is 39.9 Å². The van der Waals surface area contributed by atoms with Crippen molar-refractivity contribution in [2.45, 2.75) is 38.8 Å². The Morgan fingerprint density at radius 3 is 2.31 bits per heavy atom. The molecule has 0 saturated carbocycles. The molecule has 3 N–H and O–H groups in total. The topological polar surface area (TPSA) is 118 Å². The van der Waals surface area contributed by atoms with E-state index in [4.69, 9.17) is 4.74 Å². The number of fused-ring (bicyclic) bond motifs is 3. The molecule has 0 saturated heterocycles. The first-order valence-electron chi connectivity index (χ1n) is 11.5. The lowest BCUT2D eigenvalue weighted by Gasteiger charge is -2.19. The minimum Gasteiger partial charge on any atom is -0.480 e. The van der Waals surface area contributed by atoms with Crippen LogP contribution < -0.4 is 10.6 Å². The van der Waals surface area contributed by atoms with Gasteiger partial charge in [0.2, 0.25) is 0 Å². The summed E-state index contributed by atoms with van der Waals surface area (Å²) in [5.74, 6) is -1.89. The third kappa shape index (κ3) is 5.35. The number of thiazole rings is 1. The molecule has 1 aliphatic rings. The van der Waals surface area contributed by atoms with E-state index in [0.717, 1.165) is 22.3 Å². The van der Waals surface area contributed by atoms with Crippen LogP contribution in [0.25, 0.3) is 11.1 Å². The number of aliphatic carboxylic acids is 1. The van der Waals surface area contributed by atoms with Crippen molar-refractivity contribution in [1.29, 1.82) is 0 Å². The number of carboxylic acids is 1. The highest BCUT2D eigenvalue weighted by Gasteiger charge is 2.29. The van der Waals surface area contributed by atoms with Crippen LogP contribution in [-0.2, 0) is 16.1 Å². The summed E-state index contributed by atoms with van der Waals surface area (Å²) < 4.78 is 5.52. The van der Waals surface area contributed by atoms with Gasteiger partial charge in [-0.15, -0.1) is 11.3 Å². The van der Waals surface area contributed by atoms with E-state index in [1.807, 2.05) is 31.2 Å². The molecule has 0 bridgehead atoms. The van der Waals surface area contributed by atoms with Crippen molar-refractivity contribution < 1.29 is 24.2 Å². The zero-order chi connectivity index (χ0) is 24.9. The van der Waals surface area contributed by atoms with Crippen LogP contribution in [0.3, 0.4) is 0 Å². The summed E-state index contributed by atoms with van der Waals surface area (Å²) in [6.45, 7) is 3.94. The third-order valence-corrected chi connectivity index (χ3v) is 7.13. The van der Waals surface area contributed by atoms with Crippen molar-refractivity contribution >= 4 is 29.3 Å². The molecule has 1 heterocycles. The van der Waals surface area contributed by atoms with E-state index < -0.39 is 24.0 Å². The number of hydrogen-bond donors (Lipinski definition) is 3. The number of aromatic nitrogens is 1. The van der Waals surface area contributed by atoms with E-state index >= 15 is 0 Å². The van der Waals surface area contributed by atoms with Crippen LogP contribution >= 0.6 is 11.3 Å². The van der Waals surface area contributed by atoms with Crippen LogP contribution in [0.15, 0.2) is 53.9 Å². The second-order valence-electron chi connectivity index (χ2n) is 8.48. The van der Waals surface area contributed by atoms with E-state index in [1.54, 1.807) is 12.3 Å². The number of rotatable bonds is 9. The Bertz CT molecular complexity index is 1200. The van der Waals surface area contributed by atoms with Gasteiger partial charge in [0.25, 0.3) is 5.91 Å². The Labute approximate surface area is 207 Å². The fraction of sp³-hybridized carbons (Fsp3) is 0.308. The minimum atomic E-state index is -1.08. The van der Waals surface area contributed by atoms with Crippen LogP contribution in [0, 0.1) is 5.92 Å². The van der Waals surface area contributed by atoms with Gasteiger partial charge in [0.1, 0.15) is 23.4 Å². The van der Waals surface area contributed by atoms with Crippen LogP contribution in [0.1, 0.15) is 52.8 Å². The van der Waals surface area contributed by atoms with Gasteiger partial charge in [-0.25, -0.2) is 14.6 Å². The number of carbonyl (C=O) groups is 3. The van der Waals surface area contributed by atoms with Gasteiger partial charge < -0.3 is 20.5 Å². The molecule has 8 nitrogen and oxygen atoms in total. The van der Waals surface area contributed by atoms with Gasteiger partial charge in [-0.05, 0) is 28.2 Å². The van der Waals surface area contributed by atoms with Crippen molar-refractivity contribution in [2.75, 3.05) is 6.61 Å². The summed E-state index contributed by atoms with van der Waals surface area (Å²) in [6.07, 6.45) is 0.0413. The average molecular weight is 494 g/mol. The molecule has 1 aromatic heterocycles. The Morgan fingerprint density at radius 1 is 1.09 bits per heavy atom. The van der Waals surface area contributed by atoms with Crippen LogP contribution in [0.5, 0.6) is 0 Å². The first kappa shape index (κ1) is 24.4. The highest BCUT2D eigenvalue weighted by atomic mass is 32.1. The summed E-state index contributed by atoms with van der Waals surface area (Å²) in [5.41, 5.74) is 4.70. The first-order chi connectivity index (χ1) is 16.9. The maximum atomic E-state index is 12.4. The number of ether oxygens (including phenoxy) is 1. The third-order valence-electron chi connectivity index (χ3n) is 6.28. The van der Waals surface area contributed by atoms with Crippen LogP contribution in [0.2, 0.25) is 0 Å². The molecule has 2 atom stereocenters. The molecule has 0 aliphatic heterocycles. The molecule has 35 heavy (non-hydrogen) atoms. The van der Waals surface area contributed by atoms with E-state index in [0.29, 0.717) is 11.4 Å². The highest BCUT2D eigenvalue weighted by molar-refractivity contribution is 7.09. The van der Waals surface area contributed by atoms with Gasteiger partial charge in [-0.2, -0.15) is 0 Å². The first-order valence-corrected chi connectivity index (χ1v) is 12.3. The molecule has 0 fully saturated rings. The van der Waals surface area contributed by atoms with E-state index in [-0.39, 0.29) is 30.7 Å². The number of nitrogens with zero attached hydrogens (tertiary/aromatic N) is 1. The van der Waals surface area contributed by atoms with E-state index in [1.165, 1.54) is 11.3 Å². The lowest BCUT2D eigenvalue weighted by atomic mass is 9.98. The standard InChI is InChI=1S/C26H27N3O5S/c1-3-15(2)23(25(31)32)29-24(30)21-14-35-22(28-21)12-27-26(33)34-13-20-18-10-6-4-8-16(18)17-9-5-7-11-19(17)20/h4-11,14-15,20,23H,3,12-13H2,1-2H3,(H,27,33)(H,29,30)(H,31,32)/t15?,23-/m0/s1. The number of carbonyl (C=O) groups excluding carboxylic acids is 2. The number of alkyl carbamates (subject to hydrolysis) is 1. The maximum absolute atomic E-state index is 12.4. The molecule has 4 rings (SSSR count). The molecule has 9 heteroatoms. The van der Waals surface area contributed by atoms with Crippen molar-refractivity contribution in [3.63, 3.8) is 0 Å². The molecule has 0 spiro atoms. The van der Waals surface area contributed by atoms with E-state index in [9.17, 15) is 19.5 Å². The van der Waals surface area contributed by atoms with Gasteiger partial charge in [-0.1, -0.05) is 68.8 Å². The second-order valence-corrected chi connectivity index (χ2v) is 9.42. The zero-order valence-corrected chi connectivity index (χ0v) is 20.3. The monoisotopic (exact) mass is 493 g/mol. The predicted molar refractivity (Wildman–Crippen MR) is 132 cm³/mol. The summed E-state index contributed by atoms with van der Waals surface area (Å²) in [4.78, 5) is 40.5. The zero-order valence-electron chi connectivity index (χ0n) is 19.5. The van der Waals surface area contributed by atoms with Crippen molar-refractivity contribution in [3.05, 3.63) is 75.7 Å². The molecule has 1 unspecified atom stereocenters. The van der Waals surface area contributed by atoms with Crippen LogP contribution in [-0.4, -0.2) is 40.7 Å².